The number of benzene rings is 4. The Labute approximate surface area is 282 Å². The number of nitrogens with zero attached hydrogens (tertiary/aromatic N) is 4. The molecule has 1 aliphatic heterocycles. The lowest BCUT2D eigenvalue weighted by atomic mass is 9.94. The van der Waals surface area contributed by atoms with Crippen LogP contribution in [-0.2, 0) is 11.2 Å². The van der Waals surface area contributed by atoms with E-state index in [-0.39, 0.29) is 18.0 Å². The van der Waals surface area contributed by atoms with E-state index in [1.165, 1.54) is 0 Å². The molecular formula is C40H42N4O4. The standard InChI is InChI=1S/C40H42N4O4/c1-40(2,3)48-39(47)42-24-25-43(33(27-42)26-29-16-8-4-9-17-29)38(46)34-35(30-18-10-5-11-19-30)44(28-41-34)36(31-20-12-6-13-21-31)37(45)32-22-14-7-15-23-32/h4-23,28,33,36-37,45H,24-27H2,1-3H3/t33-,36+,37-/m1/s1. The van der Waals surface area contributed by atoms with Crippen molar-refractivity contribution < 1.29 is 19.4 Å². The summed E-state index contributed by atoms with van der Waals surface area (Å²) < 4.78 is 7.64. The molecular weight excluding hydrogens is 600 g/mol. The summed E-state index contributed by atoms with van der Waals surface area (Å²) >= 11 is 0. The smallest absolute Gasteiger partial charge is 0.410 e. The number of hydrogen-bond donors (Lipinski definition) is 1. The van der Waals surface area contributed by atoms with Crippen molar-refractivity contribution in [3.8, 4) is 11.3 Å². The van der Waals surface area contributed by atoms with E-state index in [0.717, 1.165) is 22.3 Å². The van der Waals surface area contributed by atoms with Crippen LogP contribution < -0.4 is 0 Å². The third kappa shape index (κ3) is 7.34. The normalized spacial score (nSPS) is 16.3. The summed E-state index contributed by atoms with van der Waals surface area (Å²) in [5, 5.41) is 11.9. The van der Waals surface area contributed by atoms with Crippen molar-refractivity contribution in [3.05, 3.63) is 150 Å². The minimum absolute atomic E-state index is 0.224. The van der Waals surface area contributed by atoms with E-state index >= 15 is 0 Å². The minimum atomic E-state index is -0.920. The van der Waals surface area contributed by atoms with Gasteiger partial charge in [-0.15, -0.1) is 0 Å². The summed E-state index contributed by atoms with van der Waals surface area (Å²) in [6.07, 6.45) is 0.925. The van der Waals surface area contributed by atoms with Crippen molar-refractivity contribution in [2.75, 3.05) is 19.6 Å². The molecule has 1 aromatic heterocycles. The van der Waals surface area contributed by atoms with E-state index in [0.29, 0.717) is 37.4 Å². The van der Waals surface area contributed by atoms with E-state index in [1.54, 1.807) is 11.2 Å². The molecule has 0 aliphatic carbocycles. The van der Waals surface area contributed by atoms with Crippen LogP contribution >= 0.6 is 0 Å². The Hall–Kier alpha value is -5.21. The number of carbonyl (C=O) groups excluding carboxylic acids is 2. The molecule has 8 nitrogen and oxygen atoms in total. The zero-order valence-electron chi connectivity index (χ0n) is 27.6. The Morgan fingerprint density at radius 1 is 0.812 bits per heavy atom. The molecule has 246 valence electrons. The molecule has 1 aliphatic rings. The van der Waals surface area contributed by atoms with Crippen molar-refractivity contribution in [2.24, 2.45) is 0 Å². The van der Waals surface area contributed by atoms with Crippen LogP contribution in [0.1, 0.15) is 60.1 Å². The van der Waals surface area contributed by atoms with E-state index in [1.807, 2.05) is 152 Å². The number of aromatic nitrogens is 2. The summed E-state index contributed by atoms with van der Waals surface area (Å²) in [5.74, 6) is -0.224. The molecule has 5 aromatic rings. The van der Waals surface area contributed by atoms with Gasteiger partial charge in [-0.2, -0.15) is 0 Å². The second-order valence-electron chi connectivity index (χ2n) is 13.2. The van der Waals surface area contributed by atoms with Crippen molar-refractivity contribution in [1.82, 2.24) is 19.4 Å². The second-order valence-corrected chi connectivity index (χ2v) is 13.2. The maximum atomic E-state index is 14.8. The fourth-order valence-corrected chi connectivity index (χ4v) is 6.40. The Bertz CT molecular complexity index is 1800. The lowest BCUT2D eigenvalue weighted by molar-refractivity contribution is 0.00429. The minimum Gasteiger partial charge on any atom is -0.444 e. The summed E-state index contributed by atoms with van der Waals surface area (Å²) in [6, 6.07) is 38.2. The molecule has 0 saturated carbocycles. The van der Waals surface area contributed by atoms with Crippen LogP contribution in [-0.4, -0.2) is 67.7 Å². The first-order valence-corrected chi connectivity index (χ1v) is 16.4. The molecule has 0 radical (unpaired) electrons. The predicted molar refractivity (Wildman–Crippen MR) is 186 cm³/mol. The molecule has 2 heterocycles. The highest BCUT2D eigenvalue weighted by molar-refractivity contribution is 5.98. The lowest BCUT2D eigenvalue weighted by Gasteiger charge is -2.41. The zero-order chi connectivity index (χ0) is 33.7. The third-order valence-corrected chi connectivity index (χ3v) is 8.63. The second kappa shape index (κ2) is 14.3. The fourth-order valence-electron chi connectivity index (χ4n) is 6.40. The average Bonchev–Trinajstić information content (AvgIpc) is 3.53. The molecule has 48 heavy (non-hydrogen) atoms. The Morgan fingerprint density at radius 2 is 1.38 bits per heavy atom. The molecule has 1 fully saturated rings. The quantitative estimate of drug-likeness (QED) is 0.194. The number of amides is 2. The molecule has 2 amide bonds. The van der Waals surface area contributed by atoms with E-state index in [4.69, 9.17) is 9.72 Å². The van der Waals surface area contributed by atoms with E-state index in [2.05, 4.69) is 0 Å². The van der Waals surface area contributed by atoms with Crippen molar-refractivity contribution >= 4 is 12.0 Å². The zero-order valence-corrected chi connectivity index (χ0v) is 27.6. The van der Waals surface area contributed by atoms with Gasteiger partial charge in [0, 0.05) is 25.2 Å². The summed E-state index contributed by atoms with van der Waals surface area (Å²) in [5.41, 5.74) is 3.81. The van der Waals surface area contributed by atoms with Crippen molar-refractivity contribution in [2.45, 2.75) is 51.0 Å². The van der Waals surface area contributed by atoms with Gasteiger partial charge < -0.3 is 24.2 Å². The number of ether oxygens (including phenoxy) is 1. The van der Waals surface area contributed by atoms with Gasteiger partial charge in [-0.1, -0.05) is 121 Å². The molecule has 1 N–H and O–H groups in total. The van der Waals surface area contributed by atoms with Gasteiger partial charge in [-0.25, -0.2) is 9.78 Å². The maximum absolute atomic E-state index is 14.8. The summed E-state index contributed by atoms with van der Waals surface area (Å²) in [7, 11) is 0. The molecule has 1 saturated heterocycles. The Kier molecular flexibility index (Phi) is 9.73. The Morgan fingerprint density at radius 3 is 1.98 bits per heavy atom. The van der Waals surface area contributed by atoms with Gasteiger partial charge in [0.15, 0.2) is 5.69 Å². The number of rotatable bonds is 8. The number of aliphatic hydroxyl groups excluding tert-OH is 1. The first-order valence-electron chi connectivity index (χ1n) is 16.4. The molecule has 4 aromatic carbocycles. The summed E-state index contributed by atoms with van der Waals surface area (Å²) in [6.45, 7) is 6.55. The van der Waals surface area contributed by atoms with Crippen LogP contribution in [0.15, 0.2) is 128 Å². The van der Waals surface area contributed by atoms with Gasteiger partial charge in [0.05, 0.1) is 24.1 Å². The van der Waals surface area contributed by atoms with Gasteiger partial charge in [0.1, 0.15) is 11.7 Å². The molecule has 8 heteroatoms. The molecule has 0 unspecified atom stereocenters. The molecule has 6 rings (SSSR count). The van der Waals surface area contributed by atoms with Crippen LogP contribution in [0.4, 0.5) is 4.79 Å². The molecule has 0 spiro atoms. The molecule has 3 atom stereocenters. The van der Waals surface area contributed by atoms with Crippen LogP contribution in [0.25, 0.3) is 11.3 Å². The van der Waals surface area contributed by atoms with E-state index in [9.17, 15) is 14.7 Å². The molecule has 0 bridgehead atoms. The van der Waals surface area contributed by atoms with Crippen molar-refractivity contribution in [1.29, 1.82) is 0 Å². The monoisotopic (exact) mass is 642 g/mol. The van der Waals surface area contributed by atoms with Crippen molar-refractivity contribution in [3.63, 3.8) is 0 Å². The largest absolute Gasteiger partial charge is 0.444 e. The van der Waals surface area contributed by atoms with Crippen LogP contribution in [0.5, 0.6) is 0 Å². The highest BCUT2D eigenvalue weighted by Crippen LogP contribution is 2.38. The average molecular weight is 643 g/mol. The number of carbonyl (C=O) groups is 2. The predicted octanol–water partition coefficient (Wildman–Crippen LogP) is 7.18. The topological polar surface area (TPSA) is 87.9 Å². The van der Waals surface area contributed by atoms with Gasteiger partial charge in [0.25, 0.3) is 5.91 Å². The Balaban J connectivity index is 1.42. The van der Waals surface area contributed by atoms with Crippen LogP contribution in [0.2, 0.25) is 0 Å². The third-order valence-electron chi connectivity index (χ3n) is 8.63. The lowest BCUT2D eigenvalue weighted by Crippen LogP contribution is -2.58. The van der Waals surface area contributed by atoms with Crippen LogP contribution in [0, 0.1) is 0 Å². The van der Waals surface area contributed by atoms with Gasteiger partial charge in [-0.3, -0.25) is 4.79 Å². The number of aliphatic hydroxyl groups is 1. The maximum Gasteiger partial charge on any atom is 0.410 e. The highest BCUT2D eigenvalue weighted by atomic mass is 16.6. The number of imidazole rings is 1. The fraction of sp³-hybridized carbons (Fsp3) is 0.275. The van der Waals surface area contributed by atoms with Gasteiger partial charge in [0.2, 0.25) is 0 Å². The first-order chi connectivity index (χ1) is 23.2. The SMILES string of the molecule is CC(C)(C)OC(=O)N1CCN(C(=O)c2ncn([C@@H](c3ccccc3)[C@H](O)c3ccccc3)c2-c2ccccc2)[C@H](Cc2ccccc2)C1. The van der Waals surface area contributed by atoms with Gasteiger partial charge in [-0.05, 0) is 43.9 Å². The summed E-state index contributed by atoms with van der Waals surface area (Å²) in [4.78, 5) is 36.2. The van der Waals surface area contributed by atoms with Crippen LogP contribution in [0.3, 0.4) is 0 Å². The van der Waals surface area contributed by atoms with E-state index < -0.39 is 17.7 Å². The highest BCUT2D eigenvalue weighted by Gasteiger charge is 2.38. The van der Waals surface area contributed by atoms with Gasteiger partial charge >= 0.3 is 6.09 Å². The first kappa shape index (κ1) is 32.7. The number of hydrogen-bond acceptors (Lipinski definition) is 5. The number of piperazine rings is 1.